The summed E-state index contributed by atoms with van der Waals surface area (Å²) in [6, 6.07) is 16.3. The van der Waals surface area contributed by atoms with Crippen molar-refractivity contribution in [2.75, 3.05) is 11.4 Å². The van der Waals surface area contributed by atoms with Gasteiger partial charge in [-0.05, 0) is 30.5 Å². The van der Waals surface area contributed by atoms with Gasteiger partial charge in [0.1, 0.15) is 11.9 Å². The van der Waals surface area contributed by atoms with Crippen molar-refractivity contribution in [1.82, 2.24) is 4.98 Å². The molecule has 0 saturated heterocycles. The van der Waals surface area contributed by atoms with Gasteiger partial charge < -0.3 is 4.90 Å². The zero-order chi connectivity index (χ0) is 14.7. The molecule has 0 bridgehead atoms. The van der Waals surface area contributed by atoms with Crippen molar-refractivity contribution in [2.45, 2.75) is 13.5 Å². The standard InChI is InChI=1S/C17H15N3S/c1-2-20(12-15-7-5-9-21-15)17-14(11-18)10-13-6-3-4-8-16(13)19-17/h3-10H,2,12H2,1H3. The van der Waals surface area contributed by atoms with Crippen LogP contribution in [0.15, 0.2) is 47.8 Å². The van der Waals surface area contributed by atoms with Crippen molar-refractivity contribution < 1.29 is 0 Å². The highest BCUT2D eigenvalue weighted by Crippen LogP contribution is 2.25. The van der Waals surface area contributed by atoms with Gasteiger partial charge in [0.05, 0.1) is 17.6 Å². The maximum absolute atomic E-state index is 9.43. The van der Waals surface area contributed by atoms with E-state index in [9.17, 15) is 5.26 Å². The molecule has 21 heavy (non-hydrogen) atoms. The Labute approximate surface area is 128 Å². The lowest BCUT2D eigenvalue weighted by Gasteiger charge is -2.22. The lowest BCUT2D eigenvalue weighted by molar-refractivity contribution is 0.824. The monoisotopic (exact) mass is 293 g/mol. The molecule has 0 amide bonds. The second kappa shape index (κ2) is 5.94. The molecule has 3 nitrogen and oxygen atoms in total. The summed E-state index contributed by atoms with van der Waals surface area (Å²) in [6.07, 6.45) is 0. The molecule has 0 fully saturated rings. The van der Waals surface area contributed by atoms with E-state index in [1.54, 1.807) is 11.3 Å². The van der Waals surface area contributed by atoms with Gasteiger partial charge in [-0.15, -0.1) is 11.3 Å². The largest absolute Gasteiger partial charge is 0.351 e. The van der Waals surface area contributed by atoms with Gasteiger partial charge in [0.15, 0.2) is 0 Å². The van der Waals surface area contributed by atoms with E-state index in [4.69, 9.17) is 4.98 Å². The second-order valence-corrected chi connectivity index (χ2v) is 5.79. The van der Waals surface area contributed by atoms with Gasteiger partial charge >= 0.3 is 0 Å². The van der Waals surface area contributed by atoms with Crippen molar-refractivity contribution in [3.8, 4) is 6.07 Å². The number of aromatic nitrogens is 1. The van der Waals surface area contributed by atoms with Crippen LogP contribution in [0.25, 0.3) is 10.9 Å². The molecule has 3 aromatic rings. The topological polar surface area (TPSA) is 39.9 Å². The molecule has 0 aliphatic rings. The molecule has 3 rings (SSSR count). The summed E-state index contributed by atoms with van der Waals surface area (Å²) in [6.45, 7) is 3.69. The number of para-hydroxylation sites is 1. The molecule has 0 saturated carbocycles. The third kappa shape index (κ3) is 2.74. The lowest BCUT2D eigenvalue weighted by atomic mass is 10.1. The van der Waals surface area contributed by atoms with Crippen molar-refractivity contribution >= 4 is 28.1 Å². The first-order valence-corrected chi connectivity index (χ1v) is 7.77. The average molecular weight is 293 g/mol. The lowest BCUT2D eigenvalue weighted by Crippen LogP contribution is -2.23. The number of thiophene rings is 1. The number of hydrogen-bond donors (Lipinski definition) is 0. The van der Waals surface area contributed by atoms with Crippen LogP contribution in [0.5, 0.6) is 0 Å². The Morgan fingerprint density at radius 3 is 2.81 bits per heavy atom. The van der Waals surface area contributed by atoms with Crippen LogP contribution < -0.4 is 4.90 Å². The van der Waals surface area contributed by atoms with Crippen molar-refractivity contribution in [2.24, 2.45) is 0 Å². The number of fused-ring (bicyclic) bond motifs is 1. The number of anilines is 1. The fraction of sp³-hybridized carbons (Fsp3) is 0.176. The first kappa shape index (κ1) is 13.6. The molecule has 2 aromatic heterocycles. The van der Waals surface area contributed by atoms with Crippen LogP contribution in [0.1, 0.15) is 17.4 Å². The van der Waals surface area contributed by atoms with E-state index >= 15 is 0 Å². The molecule has 0 aliphatic heterocycles. The van der Waals surface area contributed by atoms with Crippen LogP contribution in [0.2, 0.25) is 0 Å². The first-order chi connectivity index (χ1) is 10.3. The van der Waals surface area contributed by atoms with Gasteiger partial charge in [-0.25, -0.2) is 4.98 Å². The molecule has 4 heteroatoms. The highest BCUT2D eigenvalue weighted by Gasteiger charge is 2.14. The van der Waals surface area contributed by atoms with Gasteiger partial charge in [-0.1, -0.05) is 24.3 Å². The summed E-state index contributed by atoms with van der Waals surface area (Å²) in [4.78, 5) is 8.13. The van der Waals surface area contributed by atoms with E-state index in [0.29, 0.717) is 5.56 Å². The molecule has 0 unspecified atom stereocenters. The van der Waals surface area contributed by atoms with E-state index in [-0.39, 0.29) is 0 Å². The highest BCUT2D eigenvalue weighted by atomic mass is 32.1. The number of hydrogen-bond acceptors (Lipinski definition) is 4. The third-order valence-corrected chi connectivity index (χ3v) is 4.29. The maximum Gasteiger partial charge on any atom is 0.147 e. The predicted molar refractivity (Wildman–Crippen MR) is 87.5 cm³/mol. The molecule has 0 N–H and O–H groups in total. The van der Waals surface area contributed by atoms with E-state index in [0.717, 1.165) is 29.8 Å². The molecule has 0 spiro atoms. The zero-order valence-corrected chi connectivity index (χ0v) is 12.6. The van der Waals surface area contributed by atoms with Crippen LogP contribution in [-0.2, 0) is 6.54 Å². The third-order valence-electron chi connectivity index (χ3n) is 3.43. The van der Waals surface area contributed by atoms with Gasteiger partial charge in [-0.2, -0.15) is 5.26 Å². The SMILES string of the molecule is CCN(Cc1cccs1)c1nc2ccccc2cc1C#N. The molecule has 2 heterocycles. The fourth-order valence-electron chi connectivity index (χ4n) is 2.36. The molecule has 0 aliphatic carbocycles. The van der Waals surface area contributed by atoms with Crippen LogP contribution in [-0.4, -0.2) is 11.5 Å². The summed E-state index contributed by atoms with van der Waals surface area (Å²) < 4.78 is 0. The van der Waals surface area contributed by atoms with Crippen LogP contribution in [0, 0.1) is 11.3 Å². The molecule has 1 aromatic carbocycles. The van der Waals surface area contributed by atoms with Crippen LogP contribution >= 0.6 is 11.3 Å². The Morgan fingerprint density at radius 2 is 2.10 bits per heavy atom. The average Bonchev–Trinajstić information content (AvgIpc) is 3.04. The van der Waals surface area contributed by atoms with Crippen molar-refractivity contribution in [1.29, 1.82) is 5.26 Å². The van der Waals surface area contributed by atoms with E-state index < -0.39 is 0 Å². The summed E-state index contributed by atoms with van der Waals surface area (Å²) in [7, 11) is 0. The minimum atomic E-state index is 0.632. The minimum Gasteiger partial charge on any atom is -0.351 e. The number of benzene rings is 1. The number of rotatable bonds is 4. The van der Waals surface area contributed by atoms with Crippen LogP contribution in [0.4, 0.5) is 5.82 Å². The molecule has 0 atom stereocenters. The molecular formula is C17H15N3S. The highest BCUT2D eigenvalue weighted by molar-refractivity contribution is 7.09. The zero-order valence-electron chi connectivity index (χ0n) is 11.8. The second-order valence-electron chi connectivity index (χ2n) is 4.76. The number of nitriles is 1. The van der Waals surface area contributed by atoms with Gasteiger partial charge in [0.2, 0.25) is 0 Å². The van der Waals surface area contributed by atoms with E-state index in [2.05, 4.69) is 29.3 Å². The smallest absolute Gasteiger partial charge is 0.147 e. The van der Waals surface area contributed by atoms with E-state index in [1.165, 1.54) is 4.88 Å². The van der Waals surface area contributed by atoms with Crippen LogP contribution in [0.3, 0.4) is 0 Å². The Morgan fingerprint density at radius 1 is 1.24 bits per heavy atom. The Hall–Kier alpha value is -2.38. The fourth-order valence-corrected chi connectivity index (χ4v) is 3.08. The Bertz CT molecular complexity index is 787. The quantitative estimate of drug-likeness (QED) is 0.724. The summed E-state index contributed by atoms with van der Waals surface area (Å²) >= 11 is 1.73. The number of pyridine rings is 1. The van der Waals surface area contributed by atoms with Gasteiger partial charge in [-0.3, -0.25) is 0 Å². The molecule has 104 valence electrons. The maximum atomic E-state index is 9.43. The van der Waals surface area contributed by atoms with Gasteiger partial charge in [0.25, 0.3) is 0 Å². The Kier molecular flexibility index (Phi) is 3.85. The first-order valence-electron chi connectivity index (χ1n) is 6.89. The van der Waals surface area contributed by atoms with Gasteiger partial charge in [0, 0.05) is 16.8 Å². The van der Waals surface area contributed by atoms with E-state index in [1.807, 2.05) is 36.4 Å². The van der Waals surface area contributed by atoms with Crippen molar-refractivity contribution in [3.63, 3.8) is 0 Å². The Balaban J connectivity index is 2.06. The predicted octanol–water partition coefficient (Wildman–Crippen LogP) is 4.19. The normalized spacial score (nSPS) is 10.5. The van der Waals surface area contributed by atoms with Crippen molar-refractivity contribution in [3.05, 3.63) is 58.3 Å². The summed E-state index contributed by atoms with van der Waals surface area (Å²) in [5.41, 5.74) is 1.56. The summed E-state index contributed by atoms with van der Waals surface area (Å²) in [5, 5.41) is 12.5. The molecular weight excluding hydrogens is 278 g/mol. The number of nitrogens with zero attached hydrogens (tertiary/aromatic N) is 3. The molecule has 0 radical (unpaired) electrons. The minimum absolute atomic E-state index is 0.632. The summed E-state index contributed by atoms with van der Waals surface area (Å²) in [5.74, 6) is 0.770.